The molecule has 0 bridgehead atoms. The van der Waals surface area contributed by atoms with E-state index in [4.69, 9.17) is 11.6 Å². The molecule has 0 aliphatic carbocycles. The molecule has 2 amide bonds. The van der Waals surface area contributed by atoms with Gasteiger partial charge in [-0.25, -0.2) is 9.18 Å². The lowest BCUT2D eigenvalue weighted by atomic mass is 10.1. The molecule has 0 saturated heterocycles. The maximum atomic E-state index is 13.1. The van der Waals surface area contributed by atoms with Crippen molar-refractivity contribution >= 4 is 23.3 Å². The fourth-order valence-electron chi connectivity index (χ4n) is 1.92. The fraction of sp³-hybridized carbons (Fsp3) is 0.188. The van der Waals surface area contributed by atoms with Crippen LogP contribution in [0.4, 0.5) is 14.9 Å². The van der Waals surface area contributed by atoms with Crippen LogP contribution in [0.25, 0.3) is 0 Å². The predicted octanol–water partition coefficient (Wildman–Crippen LogP) is 3.72. The number of urea groups is 1. The molecule has 22 heavy (non-hydrogen) atoms. The molecule has 0 heterocycles. The van der Waals surface area contributed by atoms with Gasteiger partial charge in [-0.2, -0.15) is 0 Å². The van der Waals surface area contributed by atoms with Crippen molar-refractivity contribution in [3.8, 4) is 0 Å². The Morgan fingerprint density at radius 1 is 1.23 bits per heavy atom. The van der Waals surface area contributed by atoms with Crippen LogP contribution in [-0.4, -0.2) is 17.7 Å². The van der Waals surface area contributed by atoms with Crippen molar-refractivity contribution in [2.45, 2.75) is 12.5 Å². The molecule has 0 spiro atoms. The van der Waals surface area contributed by atoms with Crippen LogP contribution in [0, 0.1) is 5.82 Å². The third-order valence-electron chi connectivity index (χ3n) is 3.06. The molecule has 0 radical (unpaired) electrons. The maximum Gasteiger partial charge on any atom is 0.319 e. The Morgan fingerprint density at radius 3 is 2.68 bits per heavy atom. The fourth-order valence-corrected chi connectivity index (χ4v) is 2.09. The molecule has 0 aliphatic rings. The first-order chi connectivity index (χ1) is 10.6. The minimum Gasteiger partial charge on any atom is -0.388 e. The Kier molecular flexibility index (Phi) is 5.75. The van der Waals surface area contributed by atoms with Gasteiger partial charge < -0.3 is 15.7 Å². The van der Waals surface area contributed by atoms with Gasteiger partial charge in [0, 0.05) is 6.54 Å². The molecule has 0 saturated carbocycles. The number of carbonyl (C=O) groups excluding carboxylic acids is 1. The number of carbonyl (C=O) groups is 1. The van der Waals surface area contributed by atoms with E-state index in [2.05, 4.69) is 10.6 Å². The van der Waals surface area contributed by atoms with Gasteiger partial charge in [-0.05, 0) is 30.2 Å². The van der Waals surface area contributed by atoms with Crippen molar-refractivity contribution < 1.29 is 14.3 Å². The summed E-state index contributed by atoms with van der Waals surface area (Å²) in [4.78, 5) is 11.7. The molecule has 4 nitrogen and oxygen atoms in total. The van der Waals surface area contributed by atoms with Crippen molar-refractivity contribution in [1.82, 2.24) is 5.32 Å². The standard InChI is InChI=1S/C16H16ClFN2O2/c17-13-7-6-12(18)10-14(13)20-16(22)19-9-8-15(21)11-4-2-1-3-5-11/h1-7,10,15,21H,8-9H2,(H2,19,20,22). The second kappa shape index (κ2) is 7.77. The Labute approximate surface area is 132 Å². The molecule has 1 unspecified atom stereocenters. The Bertz CT molecular complexity index is 637. The molecular formula is C16H16ClFN2O2. The zero-order chi connectivity index (χ0) is 15.9. The summed E-state index contributed by atoms with van der Waals surface area (Å²) in [7, 11) is 0. The van der Waals surface area contributed by atoms with Crippen molar-refractivity contribution in [2.75, 3.05) is 11.9 Å². The van der Waals surface area contributed by atoms with E-state index >= 15 is 0 Å². The normalized spacial score (nSPS) is 11.8. The van der Waals surface area contributed by atoms with Gasteiger partial charge in [0.25, 0.3) is 0 Å². The number of amides is 2. The summed E-state index contributed by atoms with van der Waals surface area (Å²) in [6.07, 6.45) is -0.284. The molecule has 0 aromatic heterocycles. The van der Waals surface area contributed by atoms with Crippen LogP contribution < -0.4 is 10.6 Å². The summed E-state index contributed by atoms with van der Waals surface area (Å²) >= 11 is 5.86. The largest absolute Gasteiger partial charge is 0.388 e. The van der Waals surface area contributed by atoms with Crippen molar-refractivity contribution in [2.24, 2.45) is 0 Å². The van der Waals surface area contributed by atoms with Gasteiger partial charge in [-0.3, -0.25) is 0 Å². The highest BCUT2D eigenvalue weighted by atomic mass is 35.5. The van der Waals surface area contributed by atoms with E-state index in [1.165, 1.54) is 12.1 Å². The summed E-state index contributed by atoms with van der Waals surface area (Å²) in [5.41, 5.74) is 0.987. The SMILES string of the molecule is O=C(NCCC(O)c1ccccc1)Nc1cc(F)ccc1Cl. The van der Waals surface area contributed by atoms with Crippen LogP contribution in [0.2, 0.25) is 5.02 Å². The minimum absolute atomic E-state index is 0.197. The third-order valence-corrected chi connectivity index (χ3v) is 3.39. The van der Waals surface area contributed by atoms with Crippen molar-refractivity contribution in [3.63, 3.8) is 0 Å². The minimum atomic E-state index is -0.653. The number of halogens is 2. The van der Waals surface area contributed by atoms with Crippen LogP contribution >= 0.6 is 11.6 Å². The van der Waals surface area contributed by atoms with E-state index in [1.54, 1.807) is 0 Å². The smallest absolute Gasteiger partial charge is 0.319 e. The number of anilines is 1. The second-order valence-corrected chi connectivity index (χ2v) is 5.13. The van der Waals surface area contributed by atoms with Crippen LogP contribution in [0.15, 0.2) is 48.5 Å². The monoisotopic (exact) mass is 322 g/mol. The van der Waals surface area contributed by atoms with E-state index in [1.807, 2.05) is 30.3 Å². The summed E-state index contributed by atoms with van der Waals surface area (Å²) in [5, 5.41) is 15.3. The summed E-state index contributed by atoms with van der Waals surface area (Å²) in [6.45, 7) is 0.273. The summed E-state index contributed by atoms with van der Waals surface area (Å²) in [5.74, 6) is -0.487. The van der Waals surface area contributed by atoms with Gasteiger partial charge in [-0.15, -0.1) is 0 Å². The van der Waals surface area contributed by atoms with Gasteiger partial charge in [0.15, 0.2) is 0 Å². The number of benzene rings is 2. The average molecular weight is 323 g/mol. The van der Waals surface area contributed by atoms with Crippen LogP contribution in [-0.2, 0) is 0 Å². The van der Waals surface area contributed by atoms with E-state index in [-0.39, 0.29) is 17.3 Å². The van der Waals surface area contributed by atoms with Crippen LogP contribution in [0.1, 0.15) is 18.1 Å². The van der Waals surface area contributed by atoms with Gasteiger partial charge >= 0.3 is 6.03 Å². The summed E-state index contributed by atoms with van der Waals surface area (Å²) in [6, 6.07) is 12.4. The lowest BCUT2D eigenvalue weighted by Gasteiger charge is -2.12. The molecule has 116 valence electrons. The number of hydrogen-bond acceptors (Lipinski definition) is 2. The molecule has 2 aromatic rings. The molecule has 0 aliphatic heterocycles. The Balaban J connectivity index is 1.80. The molecular weight excluding hydrogens is 307 g/mol. The van der Waals surface area contributed by atoms with Gasteiger partial charge in [0.05, 0.1) is 16.8 Å². The maximum absolute atomic E-state index is 13.1. The number of aliphatic hydroxyl groups is 1. The lowest BCUT2D eigenvalue weighted by Crippen LogP contribution is -2.30. The Hall–Kier alpha value is -2.11. The van der Waals surface area contributed by atoms with Gasteiger partial charge in [0.2, 0.25) is 0 Å². The second-order valence-electron chi connectivity index (χ2n) is 4.72. The van der Waals surface area contributed by atoms with Crippen molar-refractivity contribution in [3.05, 3.63) is 64.9 Å². The lowest BCUT2D eigenvalue weighted by molar-refractivity contribution is 0.167. The molecule has 1 atom stereocenters. The summed E-state index contributed by atoms with van der Waals surface area (Å²) < 4.78 is 13.1. The highest BCUT2D eigenvalue weighted by Crippen LogP contribution is 2.22. The average Bonchev–Trinajstić information content (AvgIpc) is 2.51. The van der Waals surface area contributed by atoms with E-state index in [0.29, 0.717) is 6.42 Å². The zero-order valence-electron chi connectivity index (χ0n) is 11.7. The quantitative estimate of drug-likeness (QED) is 0.785. The zero-order valence-corrected chi connectivity index (χ0v) is 12.5. The molecule has 2 rings (SSSR count). The number of rotatable bonds is 5. The van der Waals surface area contributed by atoms with E-state index in [0.717, 1.165) is 11.6 Å². The third kappa shape index (κ3) is 4.72. The van der Waals surface area contributed by atoms with Gasteiger partial charge in [-0.1, -0.05) is 41.9 Å². The topological polar surface area (TPSA) is 61.4 Å². The first-order valence-electron chi connectivity index (χ1n) is 6.79. The predicted molar refractivity (Wildman–Crippen MR) is 84.5 cm³/mol. The Morgan fingerprint density at radius 2 is 1.95 bits per heavy atom. The van der Waals surface area contributed by atoms with Crippen LogP contribution in [0.3, 0.4) is 0 Å². The first kappa shape index (κ1) is 16.3. The molecule has 6 heteroatoms. The molecule has 3 N–H and O–H groups in total. The van der Waals surface area contributed by atoms with E-state index < -0.39 is 18.0 Å². The highest BCUT2D eigenvalue weighted by Gasteiger charge is 2.09. The molecule has 0 fully saturated rings. The van der Waals surface area contributed by atoms with E-state index in [9.17, 15) is 14.3 Å². The number of nitrogens with one attached hydrogen (secondary N) is 2. The van der Waals surface area contributed by atoms with Crippen LogP contribution in [0.5, 0.6) is 0 Å². The highest BCUT2D eigenvalue weighted by molar-refractivity contribution is 6.33. The first-order valence-corrected chi connectivity index (χ1v) is 7.17. The number of hydrogen-bond donors (Lipinski definition) is 3. The van der Waals surface area contributed by atoms with Gasteiger partial charge in [0.1, 0.15) is 5.82 Å². The molecule has 2 aromatic carbocycles. The van der Waals surface area contributed by atoms with Crippen molar-refractivity contribution in [1.29, 1.82) is 0 Å². The number of aliphatic hydroxyl groups excluding tert-OH is 1.